The number of fused-ring (bicyclic) bond motifs is 2. The molecular weight excluding hydrogens is 366 g/mol. The summed E-state index contributed by atoms with van der Waals surface area (Å²) in [5, 5.41) is 4.22. The van der Waals surface area contributed by atoms with Crippen molar-refractivity contribution in [3.63, 3.8) is 0 Å². The molecule has 0 aliphatic heterocycles. The van der Waals surface area contributed by atoms with Gasteiger partial charge in [-0.05, 0) is 42.4 Å². The van der Waals surface area contributed by atoms with Crippen LogP contribution in [-0.4, -0.2) is 36.3 Å². The van der Waals surface area contributed by atoms with Crippen LogP contribution in [0.5, 0.6) is 0 Å². The van der Waals surface area contributed by atoms with Gasteiger partial charge in [0, 0.05) is 30.8 Å². The van der Waals surface area contributed by atoms with Gasteiger partial charge in [0.25, 0.3) is 0 Å². The first-order valence-electron chi connectivity index (χ1n) is 9.28. The number of Topliss-reactive ketones (excluding diaryl/α,β-unsaturated/α-hetero) is 1. The van der Waals surface area contributed by atoms with Crippen LogP contribution in [0.4, 0.5) is 0 Å². The molecule has 3 atom stereocenters. The molecule has 0 radical (unpaired) electrons. The molecule has 7 nitrogen and oxygen atoms in total. The molecule has 2 aliphatic rings. The first-order chi connectivity index (χ1) is 12.8. The lowest BCUT2D eigenvalue weighted by Crippen LogP contribution is -2.46. The number of rotatable bonds is 7. The van der Waals surface area contributed by atoms with Gasteiger partial charge in [-0.3, -0.25) is 9.48 Å². The largest absolute Gasteiger partial charge is 0.467 e. The first-order valence-corrected chi connectivity index (χ1v) is 10.9. The fourth-order valence-electron chi connectivity index (χ4n) is 4.96. The van der Waals surface area contributed by atoms with Gasteiger partial charge in [0.1, 0.15) is 17.6 Å². The van der Waals surface area contributed by atoms with Crippen molar-refractivity contribution < 1.29 is 17.6 Å². The highest BCUT2D eigenvalue weighted by Gasteiger charge is 2.65. The minimum Gasteiger partial charge on any atom is -0.467 e. The highest BCUT2D eigenvalue weighted by molar-refractivity contribution is 7.89. The molecule has 2 fully saturated rings. The number of carbonyl (C=O) groups excluding carboxylic acids is 1. The summed E-state index contributed by atoms with van der Waals surface area (Å²) in [6, 6.07) is 4.95. The summed E-state index contributed by atoms with van der Waals surface area (Å²) in [5.41, 5.74) is -1.05. The topological polar surface area (TPSA) is 94.2 Å². The van der Waals surface area contributed by atoms with Crippen LogP contribution in [0.2, 0.25) is 0 Å². The number of nitrogens with one attached hydrogen (secondary N) is 1. The zero-order chi connectivity index (χ0) is 19.3. The van der Waals surface area contributed by atoms with E-state index in [2.05, 4.69) is 9.82 Å². The van der Waals surface area contributed by atoms with Gasteiger partial charge in [-0.2, -0.15) is 5.10 Å². The molecule has 146 valence electrons. The van der Waals surface area contributed by atoms with Gasteiger partial charge in [-0.25, -0.2) is 13.1 Å². The van der Waals surface area contributed by atoms with Crippen LogP contribution >= 0.6 is 0 Å². The van der Waals surface area contributed by atoms with Crippen molar-refractivity contribution >= 4 is 15.8 Å². The first kappa shape index (κ1) is 18.4. The van der Waals surface area contributed by atoms with E-state index in [4.69, 9.17) is 4.42 Å². The second-order valence-electron chi connectivity index (χ2n) is 8.29. The lowest BCUT2D eigenvalue weighted by Gasteiger charge is -2.36. The zero-order valence-electron chi connectivity index (χ0n) is 15.6. The van der Waals surface area contributed by atoms with Gasteiger partial charge in [0.05, 0.1) is 12.0 Å². The number of furan rings is 1. The summed E-state index contributed by atoms with van der Waals surface area (Å²) in [4.78, 5) is 12.6. The zero-order valence-corrected chi connectivity index (χ0v) is 16.4. The molecule has 2 aromatic rings. The number of aromatic nitrogens is 2. The van der Waals surface area contributed by atoms with Crippen LogP contribution in [0, 0.1) is 16.7 Å². The molecule has 0 spiro atoms. The van der Waals surface area contributed by atoms with Gasteiger partial charge in [0.2, 0.25) is 10.0 Å². The van der Waals surface area contributed by atoms with Crippen LogP contribution < -0.4 is 4.72 Å². The Bertz CT molecular complexity index is 884. The maximum absolute atomic E-state index is 12.9. The van der Waals surface area contributed by atoms with Crippen molar-refractivity contribution in [2.24, 2.45) is 16.7 Å². The minimum atomic E-state index is -3.64. The summed E-state index contributed by atoms with van der Waals surface area (Å²) in [5.74, 6) is 0.869. The predicted molar refractivity (Wildman–Crippen MR) is 99.4 cm³/mol. The van der Waals surface area contributed by atoms with Crippen molar-refractivity contribution in [1.29, 1.82) is 0 Å². The Morgan fingerprint density at radius 1 is 1.41 bits per heavy atom. The molecule has 2 heterocycles. The van der Waals surface area contributed by atoms with Gasteiger partial charge in [0.15, 0.2) is 0 Å². The predicted octanol–water partition coefficient (Wildman–Crippen LogP) is 2.38. The van der Waals surface area contributed by atoms with Crippen molar-refractivity contribution in [2.45, 2.75) is 39.2 Å². The fraction of sp³-hybridized carbons (Fsp3) is 0.579. The molecule has 1 N–H and O–H groups in total. The summed E-state index contributed by atoms with van der Waals surface area (Å²) >= 11 is 0. The maximum atomic E-state index is 12.9. The van der Waals surface area contributed by atoms with E-state index in [0.29, 0.717) is 24.5 Å². The van der Waals surface area contributed by atoms with Gasteiger partial charge >= 0.3 is 0 Å². The minimum absolute atomic E-state index is 0.101. The molecule has 4 rings (SSSR count). The quantitative estimate of drug-likeness (QED) is 0.782. The highest BCUT2D eigenvalue weighted by atomic mass is 32.2. The van der Waals surface area contributed by atoms with E-state index in [1.54, 1.807) is 41.5 Å². The number of hydrogen-bond donors (Lipinski definition) is 1. The van der Waals surface area contributed by atoms with E-state index in [9.17, 15) is 13.2 Å². The third kappa shape index (κ3) is 2.95. The normalized spacial score (nSPS) is 27.9. The summed E-state index contributed by atoms with van der Waals surface area (Å²) in [6.07, 6.45) is 7.05. The van der Waals surface area contributed by atoms with Crippen LogP contribution in [0.1, 0.15) is 44.9 Å². The van der Waals surface area contributed by atoms with Gasteiger partial charge < -0.3 is 4.42 Å². The van der Waals surface area contributed by atoms with Crippen molar-refractivity contribution in [3.05, 3.63) is 42.6 Å². The maximum Gasteiger partial charge on any atom is 0.212 e. The average molecular weight is 391 g/mol. The highest BCUT2D eigenvalue weighted by Crippen LogP contribution is 2.64. The van der Waals surface area contributed by atoms with Crippen molar-refractivity contribution in [3.8, 4) is 0 Å². The van der Waals surface area contributed by atoms with Gasteiger partial charge in [-0.15, -0.1) is 0 Å². The van der Waals surface area contributed by atoms with E-state index >= 15 is 0 Å². The fourth-order valence-corrected chi connectivity index (χ4v) is 6.80. The Kier molecular flexibility index (Phi) is 4.31. The number of ketones is 1. The summed E-state index contributed by atoms with van der Waals surface area (Å²) in [6.45, 7) is 4.20. The third-order valence-electron chi connectivity index (χ3n) is 6.79. The number of sulfonamides is 1. The Morgan fingerprint density at radius 2 is 2.22 bits per heavy atom. The molecule has 3 unspecified atom stereocenters. The second kappa shape index (κ2) is 6.31. The lowest BCUT2D eigenvalue weighted by molar-refractivity contribution is -0.128. The number of hydrogen-bond acceptors (Lipinski definition) is 5. The average Bonchev–Trinajstić information content (AvgIpc) is 3.35. The Balaban J connectivity index is 1.53. The molecule has 0 aromatic carbocycles. The van der Waals surface area contributed by atoms with Gasteiger partial charge in [-0.1, -0.05) is 13.8 Å². The van der Waals surface area contributed by atoms with E-state index in [1.165, 1.54) is 0 Å². The second-order valence-corrected chi connectivity index (χ2v) is 10.1. The number of carbonyl (C=O) groups is 1. The van der Waals surface area contributed by atoms with Crippen molar-refractivity contribution in [2.75, 3.05) is 12.3 Å². The van der Waals surface area contributed by atoms with E-state index in [-0.39, 0.29) is 29.5 Å². The molecule has 0 amide bonds. The third-order valence-corrected chi connectivity index (χ3v) is 8.27. The molecule has 0 saturated heterocycles. The molecule has 2 aromatic heterocycles. The molecular formula is C19H25N3O4S. The molecule has 2 aliphatic carbocycles. The Hall–Kier alpha value is -1.93. The molecule has 8 heteroatoms. The smallest absolute Gasteiger partial charge is 0.212 e. The van der Waals surface area contributed by atoms with E-state index in [1.807, 2.05) is 13.8 Å². The van der Waals surface area contributed by atoms with Crippen LogP contribution in [0.15, 0.2) is 41.3 Å². The van der Waals surface area contributed by atoms with E-state index < -0.39 is 15.4 Å². The van der Waals surface area contributed by atoms with Crippen LogP contribution in [0.25, 0.3) is 0 Å². The summed E-state index contributed by atoms with van der Waals surface area (Å²) in [7, 11) is -3.64. The summed E-state index contributed by atoms with van der Waals surface area (Å²) < 4.78 is 35.7. The lowest BCUT2D eigenvalue weighted by atomic mass is 9.70. The van der Waals surface area contributed by atoms with Crippen LogP contribution in [-0.2, 0) is 14.8 Å². The Morgan fingerprint density at radius 3 is 2.78 bits per heavy atom. The number of nitrogens with zero attached hydrogens (tertiary/aromatic N) is 2. The monoisotopic (exact) mass is 391 g/mol. The SMILES string of the molecule is CC1(C)C2CCC1(CS(=O)(=O)NCC(c1ccco1)n1cccn1)C(=O)C2. The molecule has 2 bridgehead atoms. The molecule has 2 saturated carbocycles. The molecule has 27 heavy (non-hydrogen) atoms. The van der Waals surface area contributed by atoms with Crippen LogP contribution in [0.3, 0.4) is 0 Å². The standard InChI is InChI=1S/C19H25N3O4S/c1-18(2)14-6-7-19(18,17(23)11-14)13-27(24,25)21-12-15(16-5-3-10-26-16)22-9-4-8-20-22/h3-5,8-10,14-15,21H,6-7,11-13H2,1-2H3. The van der Waals surface area contributed by atoms with E-state index in [0.717, 1.165) is 6.42 Å². The van der Waals surface area contributed by atoms with Crippen molar-refractivity contribution in [1.82, 2.24) is 14.5 Å². The Labute approximate surface area is 159 Å².